The standard InChI is InChI=1S/C15H18N2O2/c1-5-7-11-8-6-9-12-13(11)16-10-17(12)14(18)19-15(2,3)4/h5-6,8-10H,1,7H2,2-4H3. The highest BCUT2D eigenvalue weighted by molar-refractivity contribution is 5.88. The maximum absolute atomic E-state index is 12.1. The molecule has 4 nitrogen and oxygen atoms in total. The second-order valence-corrected chi connectivity index (χ2v) is 5.37. The molecule has 0 radical (unpaired) electrons. The maximum Gasteiger partial charge on any atom is 0.420 e. The summed E-state index contributed by atoms with van der Waals surface area (Å²) in [6.07, 6.45) is 3.64. The molecule has 1 aromatic carbocycles. The van der Waals surface area contributed by atoms with Gasteiger partial charge in [0.15, 0.2) is 0 Å². The third-order valence-electron chi connectivity index (χ3n) is 2.61. The fourth-order valence-corrected chi connectivity index (χ4v) is 1.88. The van der Waals surface area contributed by atoms with E-state index < -0.39 is 11.7 Å². The lowest BCUT2D eigenvalue weighted by atomic mass is 10.1. The molecule has 1 aromatic heterocycles. The summed E-state index contributed by atoms with van der Waals surface area (Å²) < 4.78 is 6.79. The maximum atomic E-state index is 12.1. The zero-order valence-corrected chi connectivity index (χ0v) is 11.5. The van der Waals surface area contributed by atoms with Crippen molar-refractivity contribution in [2.45, 2.75) is 32.8 Å². The lowest BCUT2D eigenvalue weighted by Gasteiger charge is -2.19. The van der Waals surface area contributed by atoms with Crippen LogP contribution in [0.25, 0.3) is 11.0 Å². The summed E-state index contributed by atoms with van der Waals surface area (Å²) in [5, 5.41) is 0. The number of benzene rings is 1. The molecule has 1 heterocycles. The van der Waals surface area contributed by atoms with Crippen LogP contribution in [0.5, 0.6) is 0 Å². The van der Waals surface area contributed by atoms with Gasteiger partial charge in [0.25, 0.3) is 0 Å². The second kappa shape index (κ2) is 4.88. The Morgan fingerprint density at radius 2 is 2.21 bits per heavy atom. The molecular formula is C15H18N2O2. The minimum atomic E-state index is -0.521. The number of nitrogens with zero attached hydrogens (tertiary/aromatic N) is 2. The number of aromatic nitrogens is 2. The number of hydrogen-bond acceptors (Lipinski definition) is 3. The molecule has 19 heavy (non-hydrogen) atoms. The van der Waals surface area contributed by atoms with E-state index in [-0.39, 0.29) is 0 Å². The predicted octanol–water partition coefficient (Wildman–Crippen LogP) is 3.55. The summed E-state index contributed by atoms with van der Waals surface area (Å²) in [5.41, 5.74) is 2.10. The molecule has 0 saturated heterocycles. The van der Waals surface area contributed by atoms with Gasteiger partial charge >= 0.3 is 6.09 Å². The fourth-order valence-electron chi connectivity index (χ4n) is 1.88. The largest absolute Gasteiger partial charge is 0.443 e. The van der Waals surface area contributed by atoms with Crippen molar-refractivity contribution >= 4 is 17.1 Å². The van der Waals surface area contributed by atoms with Gasteiger partial charge in [-0.15, -0.1) is 6.58 Å². The molecule has 100 valence electrons. The van der Waals surface area contributed by atoms with E-state index in [9.17, 15) is 4.79 Å². The lowest BCUT2D eigenvalue weighted by molar-refractivity contribution is 0.0543. The molecule has 0 aliphatic heterocycles. The van der Waals surface area contributed by atoms with Gasteiger partial charge in [0.05, 0.1) is 11.0 Å². The Kier molecular flexibility index (Phi) is 3.42. The zero-order valence-electron chi connectivity index (χ0n) is 11.5. The highest BCUT2D eigenvalue weighted by atomic mass is 16.6. The van der Waals surface area contributed by atoms with Gasteiger partial charge in [0.2, 0.25) is 0 Å². The number of ether oxygens (including phenoxy) is 1. The number of imidazole rings is 1. The molecule has 0 fully saturated rings. The van der Waals surface area contributed by atoms with Crippen LogP contribution in [0.4, 0.5) is 4.79 Å². The molecular weight excluding hydrogens is 240 g/mol. The van der Waals surface area contributed by atoms with E-state index in [1.54, 1.807) is 0 Å². The Morgan fingerprint density at radius 1 is 1.47 bits per heavy atom. The zero-order chi connectivity index (χ0) is 14.0. The molecule has 4 heteroatoms. The van der Waals surface area contributed by atoms with Gasteiger partial charge in [-0.25, -0.2) is 14.3 Å². The Morgan fingerprint density at radius 3 is 2.84 bits per heavy atom. The number of allylic oxidation sites excluding steroid dienone is 1. The first-order valence-electron chi connectivity index (χ1n) is 6.21. The number of para-hydroxylation sites is 1. The van der Waals surface area contributed by atoms with Crippen molar-refractivity contribution in [2.75, 3.05) is 0 Å². The molecule has 2 rings (SSSR count). The number of carbonyl (C=O) groups is 1. The molecule has 0 saturated carbocycles. The Hall–Kier alpha value is -2.10. The first-order chi connectivity index (χ1) is 8.92. The van der Waals surface area contributed by atoms with E-state index in [0.717, 1.165) is 23.0 Å². The smallest absolute Gasteiger partial charge is 0.420 e. The van der Waals surface area contributed by atoms with Crippen LogP contribution in [0.1, 0.15) is 26.3 Å². The SMILES string of the molecule is C=CCc1cccc2c1ncn2C(=O)OC(C)(C)C. The molecule has 0 aliphatic rings. The summed E-state index contributed by atoms with van der Waals surface area (Å²) in [7, 11) is 0. The van der Waals surface area contributed by atoms with E-state index in [0.29, 0.717) is 0 Å². The van der Waals surface area contributed by atoms with Crippen molar-refractivity contribution in [2.24, 2.45) is 0 Å². The summed E-state index contributed by atoms with van der Waals surface area (Å²) in [4.78, 5) is 16.4. The molecule has 0 spiro atoms. The van der Waals surface area contributed by atoms with Gasteiger partial charge in [-0.05, 0) is 38.8 Å². The van der Waals surface area contributed by atoms with Crippen molar-refractivity contribution in [3.8, 4) is 0 Å². The molecule has 0 unspecified atom stereocenters. The average molecular weight is 258 g/mol. The van der Waals surface area contributed by atoms with Crippen LogP contribution in [-0.4, -0.2) is 21.2 Å². The minimum Gasteiger partial charge on any atom is -0.443 e. The first-order valence-corrected chi connectivity index (χ1v) is 6.21. The van der Waals surface area contributed by atoms with E-state index >= 15 is 0 Å². The number of carbonyl (C=O) groups excluding carboxylic acids is 1. The van der Waals surface area contributed by atoms with Crippen LogP contribution < -0.4 is 0 Å². The molecule has 0 amide bonds. The third kappa shape index (κ3) is 2.84. The monoisotopic (exact) mass is 258 g/mol. The van der Waals surface area contributed by atoms with Crippen LogP contribution in [0.3, 0.4) is 0 Å². The summed E-state index contributed by atoms with van der Waals surface area (Å²) >= 11 is 0. The summed E-state index contributed by atoms with van der Waals surface area (Å²) in [6, 6.07) is 5.75. The topological polar surface area (TPSA) is 44.1 Å². The quantitative estimate of drug-likeness (QED) is 0.774. The fraction of sp³-hybridized carbons (Fsp3) is 0.333. The van der Waals surface area contributed by atoms with Crippen molar-refractivity contribution in [1.29, 1.82) is 0 Å². The van der Waals surface area contributed by atoms with E-state index in [4.69, 9.17) is 4.74 Å². The Labute approximate surface area is 112 Å². The highest BCUT2D eigenvalue weighted by Gasteiger charge is 2.19. The van der Waals surface area contributed by atoms with Gasteiger partial charge in [-0.1, -0.05) is 18.2 Å². The van der Waals surface area contributed by atoms with Gasteiger partial charge < -0.3 is 4.74 Å². The second-order valence-electron chi connectivity index (χ2n) is 5.37. The molecule has 0 bridgehead atoms. The molecule has 2 aromatic rings. The van der Waals surface area contributed by atoms with Gasteiger partial charge in [-0.2, -0.15) is 0 Å². The molecule has 0 aliphatic carbocycles. The first kappa shape index (κ1) is 13.3. The summed E-state index contributed by atoms with van der Waals surface area (Å²) in [6.45, 7) is 9.25. The highest BCUT2D eigenvalue weighted by Crippen LogP contribution is 2.19. The summed E-state index contributed by atoms with van der Waals surface area (Å²) in [5.74, 6) is 0. The molecule has 0 atom stereocenters. The van der Waals surface area contributed by atoms with Gasteiger partial charge in [0, 0.05) is 0 Å². The Balaban J connectivity index is 2.43. The van der Waals surface area contributed by atoms with Crippen molar-refractivity contribution in [3.63, 3.8) is 0 Å². The van der Waals surface area contributed by atoms with Crippen LogP contribution in [0.2, 0.25) is 0 Å². The van der Waals surface area contributed by atoms with Gasteiger partial charge in [0.1, 0.15) is 11.9 Å². The molecule has 0 N–H and O–H groups in total. The number of fused-ring (bicyclic) bond motifs is 1. The van der Waals surface area contributed by atoms with Crippen LogP contribution in [-0.2, 0) is 11.2 Å². The normalized spacial score (nSPS) is 11.5. The third-order valence-corrected chi connectivity index (χ3v) is 2.61. The van der Waals surface area contributed by atoms with E-state index in [1.165, 1.54) is 10.9 Å². The average Bonchev–Trinajstić information content (AvgIpc) is 2.72. The van der Waals surface area contributed by atoms with Crippen LogP contribution in [0, 0.1) is 0 Å². The van der Waals surface area contributed by atoms with Gasteiger partial charge in [-0.3, -0.25) is 0 Å². The Bertz CT molecular complexity index is 621. The van der Waals surface area contributed by atoms with Crippen molar-refractivity contribution in [1.82, 2.24) is 9.55 Å². The number of rotatable bonds is 2. The number of hydrogen-bond donors (Lipinski definition) is 0. The van der Waals surface area contributed by atoms with E-state index in [1.807, 2.05) is 45.0 Å². The van der Waals surface area contributed by atoms with Crippen molar-refractivity contribution < 1.29 is 9.53 Å². The predicted molar refractivity (Wildman–Crippen MR) is 75.3 cm³/mol. The van der Waals surface area contributed by atoms with Crippen LogP contribution >= 0.6 is 0 Å². The minimum absolute atomic E-state index is 0.411. The van der Waals surface area contributed by atoms with Crippen molar-refractivity contribution in [3.05, 3.63) is 42.7 Å². The lowest BCUT2D eigenvalue weighted by Crippen LogP contribution is -2.26. The van der Waals surface area contributed by atoms with Crippen LogP contribution in [0.15, 0.2) is 37.2 Å². The van der Waals surface area contributed by atoms with E-state index in [2.05, 4.69) is 11.6 Å².